The van der Waals surface area contributed by atoms with E-state index < -0.39 is 12.1 Å². The summed E-state index contributed by atoms with van der Waals surface area (Å²) in [6.45, 7) is 2.06. The van der Waals surface area contributed by atoms with Crippen LogP contribution in [-0.2, 0) is 16.1 Å². The van der Waals surface area contributed by atoms with Gasteiger partial charge in [-0.1, -0.05) is 18.2 Å². The van der Waals surface area contributed by atoms with Gasteiger partial charge in [0.05, 0.1) is 25.7 Å². The first kappa shape index (κ1) is 14.3. The average Bonchev–Trinajstić information content (AvgIpc) is 2.42. The highest BCUT2D eigenvalue weighted by atomic mass is 16.5. The Morgan fingerprint density at radius 1 is 1.35 bits per heavy atom. The maximum absolute atomic E-state index is 12.2. The largest absolute Gasteiger partial charge is 0.466 e. The predicted molar refractivity (Wildman–Crippen MR) is 75.5 cm³/mol. The summed E-state index contributed by atoms with van der Waals surface area (Å²) in [5.41, 5.74) is -0.175. The summed E-state index contributed by atoms with van der Waals surface area (Å²) in [4.78, 5) is 23.5. The Kier molecular flexibility index (Phi) is 4.53. The molecule has 106 valence electrons. The molecular formula is C15H17NO4. The van der Waals surface area contributed by atoms with Crippen molar-refractivity contribution >= 4 is 16.7 Å². The Balaban J connectivity index is 2.16. The second-order valence-electron chi connectivity index (χ2n) is 4.52. The van der Waals surface area contributed by atoms with Crippen molar-refractivity contribution in [3.05, 3.63) is 46.9 Å². The van der Waals surface area contributed by atoms with Crippen molar-refractivity contribution in [2.45, 2.75) is 26.0 Å². The zero-order chi connectivity index (χ0) is 14.5. The highest BCUT2D eigenvalue weighted by Gasteiger charge is 2.13. The summed E-state index contributed by atoms with van der Waals surface area (Å²) in [6, 6.07) is 9.07. The van der Waals surface area contributed by atoms with Crippen LogP contribution < -0.4 is 5.56 Å². The third-order valence-electron chi connectivity index (χ3n) is 3.00. The van der Waals surface area contributed by atoms with Crippen molar-refractivity contribution in [3.8, 4) is 0 Å². The van der Waals surface area contributed by atoms with Gasteiger partial charge in [-0.2, -0.15) is 0 Å². The molecule has 1 atom stereocenters. The molecule has 1 aromatic carbocycles. The molecule has 0 saturated carbocycles. The van der Waals surface area contributed by atoms with Crippen LogP contribution in [0.1, 0.15) is 13.3 Å². The van der Waals surface area contributed by atoms with Crippen LogP contribution in [-0.4, -0.2) is 28.4 Å². The number of aliphatic hydroxyl groups excluding tert-OH is 1. The van der Waals surface area contributed by atoms with E-state index in [1.807, 2.05) is 18.2 Å². The highest BCUT2D eigenvalue weighted by Crippen LogP contribution is 2.08. The number of benzene rings is 1. The van der Waals surface area contributed by atoms with Crippen LogP contribution >= 0.6 is 0 Å². The number of hydrogen-bond acceptors (Lipinski definition) is 4. The number of hydrogen-bond donors (Lipinski definition) is 1. The van der Waals surface area contributed by atoms with Crippen molar-refractivity contribution in [2.24, 2.45) is 0 Å². The zero-order valence-electron chi connectivity index (χ0n) is 11.3. The molecule has 0 fully saturated rings. The summed E-state index contributed by atoms with van der Waals surface area (Å²) in [7, 11) is 0. The van der Waals surface area contributed by atoms with E-state index in [0.29, 0.717) is 5.39 Å². The van der Waals surface area contributed by atoms with E-state index in [4.69, 9.17) is 4.74 Å². The van der Waals surface area contributed by atoms with Gasteiger partial charge in [0, 0.05) is 11.6 Å². The SMILES string of the molecule is CCOC(=O)CC(O)Cn1ccc2ccccc2c1=O. The Bertz CT molecular complexity index is 662. The summed E-state index contributed by atoms with van der Waals surface area (Å²) < 4.78 is 6.17. The predicted octanol–water partition coefficient (Wildman–Crippen LogP) is 1.32. The van der Waals surface area contributed by atoms with E-state index in [9.17, 15) is 14.7 Å². The zero-order valence-corrected chi connectivity index (χ0v) is 11.3. The van der Waals surface area contributed by atoms with Crippen molar-refractivity contribution in [3.63, 3.8) is 0 Å². The van der Waals surface area contributed by atoms with Crippen molar-refractivity contribution in [1.82, 2.24) is 4.57 Å². The molecule has 1 N–H and O–H groups in total. The molecule has 5 heteroatoms. The third-order valence-corrected chi connectivity index (χ3v) is 3.00. The number of esters is 1. The van der Waals surface area contributed by atoms with Gasteiger partial charge >= 0.3 is 5.97 Å². The van der Waals surface area contributed by atoms with Crippen LogP contribution in [0.2, 0.25) is 0 Å². The van der Waals surface area contributed by atoms with E-state index in [1.54, 1.807) is 25.3 Å². The second-order valence-corrected chi connectivity index (χ2v) is 4.52. The van der Waals surface area contributed by atoms with Crippen LogP contribution in [0.25, 0.3) is 10.8 Å². The van der Waals surface area contributed by atoms with Gasteiger partial charge in [0.2, 0.25) is 0 Å². The van der Waals surface area contributed by atoms with Gasteiger partial charge in [-0.3, -0.25) is 9.59 Å². The fourth-order valence-electron chi connectivity index (χ4n) is 2.08. The number of carbonyl (C=O) groups excluding carboxylic acids is 1. The minimum Gasteiger partial charge on any atom is -0.466 e. The molecule has 1 aromatic heterocycles. The maximum atomic E-state index is 12.2. The molecule has 0 aliphatic carbocycles. The van der Waals surface area contributed by atoms with Crippen LogP contribution in [0.3, 0.4) is 0 Å². The number of fused-ring (bicyclic) bond motifs is 1. The molecule has 2 aromatic rings. The quantitative estimate of drug-likeness (QED) is 0.835. The molecule has 0 aliphatic heterocycles. The summed E-state index contributed by atoms with van der Waals surface area (Å²) in [5, 5.41) is 11.3. The van der Waals surface area contributed by atoms with Gasteiger partial charge in [-0.15, -0.1) is 0 Å². The van der Waals surface area contributed by atoms with Gasteiger partial charge < -0.3 is 14.4 Å². The first-order valence-electron chi connectivity index (χ1n) is 6.53. The maximum Gasteiger partial charge on any atom is 0.308 e. The number of ether oxygens (including phenoxy) is 1. The van der Waals surface area contributed by atoms with E-state index in [-0.39, 0.29) is 25.1 Å². The van der Waals surface area contributed by atoms with Crippen molar-refractivity contribution in [1.29, 1.82) is 0 Å². The van der Waals surface area contributed by atoms with Gasteiger partial charge in [-0.25, -0.2) is 0 Å². The van der Waals surface area contributed by atoms with Gasteiger partial charge in [-0.05, 0) is 24.4 Å². The summed E-state index contributed by atoms with van der Waals surface area (Å²) >= 11 is 0. The van der Waals surface area contributed by atoms with E-state index in [0.717, 1.165) is 5.39 Å². The van der Waals surface area contributed by atoms with Crippen molar-refractivity contribution < 1.29 is 14.6 Å². The number of pyridine rings is 1. The summed E-state index contributed by atoms with van der Waals surface area (Å²) in [6.07, 6.45) is 0.569. The second kappa shape index (κ2) is 6.34. The number of carbonyl (C=O) groups is 1. The number of aliphatic hydroxyl groups is 1. The molecule has 5 nitrogen and oxygen atoms in total. The molecule has 0 aliphatic rings. The molecule has 20 heavy (non-hydrogen) atoms. The average molecular weight is 275 g/mol. The fraction of sp³-hybridized carbons (Fsp3) is 0.333. The minimum absolute atomic E-state index is 0.0719. The van der Waals surface area contributed by atoms with E-state index >= 15 is 0 Å². The molecule has 0 saturated heterocycles. The van der Waals surface area contributed by atoms with Gasteiger partial charge in [0.15, 0.2) is 0 Å². The normalized spacial score (nSPS) is 12.3. The first-order valence-corrected chi connectivity index (χ1v) is 6.53. The number of rotatable bonds is 5. The smallest absolute Gasteiger partial charge is 0.308 e. The standard InChI is InChI=1S/C15H17NO4/c1-2-20-14(18)9-12(17)10-16-8-7-11-5-3-4-6-13(11)15(16)19/h3-8,12,17H,2,9-10H2,1H3. The van der Waals surface area contributed by atoms with Gasteiger partial charge in [0.1, 0.15) is 0 Å². The third kappa shape index (κ3) is 3.24. The van der Waals surface area contributed by atoms with Crippen molar-refractivity contribution in [2.75, 3.05) is 6.61 Å². The lowest BCUT2D eigenvalue weighted by atomic mass is 10.1. The lowest BCUT2D eigenvalue weighted by Gasteiger charge is -2.12. The Morgan fingerprint density at radius 2 is 2.10 bits per heavy atom. The monoisotopic (exact) mass is 275 g/mol. The van der Waals surface area contributed by atoms with E-state index in [2.05, 4.69) is 0 Å². The van der Waals surface area contributed by atoms with E-state index in [1.165, 1.54) is 4.57 Å². The number of aromatic nitrogens is 1. The summed E-state index contributed by atoms with van der Waals surface area (Å²) in [5.74, 6) is -0.464. The molecule has 0 amide bonds. The molecule has 0 radical (unpaired) electrons. The van der Waals surface area contributed by atoms with Crippen LogP contribution in [0.5, 0.6) is 0 Å². The molecule has 1 heterocycles. The molecule has 1 unspecified atom stereocenters. The minimum atomic E-state index is -0.937. The number of nitrogens with zero attached hydrogens (tertiary/aromatic N) is 1. The molecule has 0 spiro atoms. The van der Waals surface area contributed by atoms with Crippen LogP contribution in [0.4, 0.5) is 0 Å². The lowest BCUT2D eigenvalue weighted by Crippen LogP contribution is -2.28. The first-order chi connectivity index (χ1) is 9.61. The Hall–Kier alpha value is -2.14. The van der Waals surface area contributed by atoms with Crippen LogP contribution in [0, 0.1) is 0 Å². The van der Waals surface area contributed by atoms with Gasteiger partial charge in [0.25, 0.3) is 5.56 Å². The van der Waals surface area contributed by atoms with Crippen LogP contribution in [0.15, 0.2) is 41.3 Å². The fourth-order valence-corrected chi connectivity index (χ4v) is 2.08. The highest BCUT2D eigenvalue weighted by molar-refractivity contribution is 5.81. The Labute approximate surface area is 116 Å². The molecular weight excluding hydrogens is 258 g/mol. The lowest BCUT2D eigenvalue weighted by molar-refractivity contribution is -0.145. The molecule has 0 bridgehead atoms. The topological polar surface area (TPSA) is 68.5 Å². The Morgan fingerprint density at radius 3 is 2.85 bits per heavy atom. The molecule has 2 rings (SSSR count).